The second kappa shape index (κ2) is 9.09. The van der Waals surface area contributed by atoms with Gasteiger partial charge in [0.15, 0.2) is 5.11 Å². The van der Waals surface area contributed by atoms with Crippen molar-refractivity contribution in [2.24, 2.45) is 0 Å². The van der Waals surface area contributed by atoms with Crippen molar-refractivity contribution in [3.8, 4) is 0 Å². The van der Waals surface area contributed by atoms with Crippen molar-refractivity contribution in [2.75, 3.05) is 35.8 Å². The molecular weight excluding hydrogens is 486 g/mol. The Morgan fingerprint density at radius 2 is 1.81 bits per heavy atom. The zero-order chi connectivity index (χ0) is 25.8. The zero-order valence-corrected chi connectivity index (χ0v) is 23.2. The second-order valence-electron chi connectivity index (χ2n) is 10.3. The molecule has 2 aliphatic heterocycles. The Morgan fingerprint density at radius 3 is 2.44 bits per heavy atom. The minimum Gasteiger partial charge on any atom is -0.378 e. The van der Waals surface area contributed by atoms with Crippen molar-refractivity contribution in [1.29, 1.82) is 0 Å². The van der Waals surface area contributed by atoms with Crippen LogP contribution in [0.5, 0.6) is 0 Å². The monoisotopic (exact) mass is 517 g/mol. The molecule has 1 saturated heterocycles. The van der Waals surface area contributed by atoms with Crippen LogP contribution < -0.4 is 20.0 Å². The minimum atomic E-state index is -0.163. The molecule has 186 valence electrons. The molecule has 5 nitrogen and oxygen atoms in total. The Balaban J connectivity index is 1.68. The minimum absolute atomic E-state index is 0.0882. The SMILES string of the molecule is CC1=CC(C)(C)N(C)c2cc(Cl)c(C3C(c4ccccn4)NC(=S)N3c3ccc(N(C)C)cc3)cc21. The highest BCUT2D eigenvalue weighted by Crippen LogP contribution is 2.48. The lowest BCUT2D eigenvalue weighted by Crippen LogP contribution is -2.42. The van der Waals surface area contributed by atoms with Gasteiger partial charge in [-0.15, -0.1) is 0 Å². The Hall–Kier alpha value is -3.09. The maximum absolute atomic E-state index is 7.10. The maximum atomic E-state index is 7.10. The van der Waals surface area contributed by atoms with Crippen molar-refractivity contribution >= 4 is 51.6 Å². The number of hydrogen-bond donors (Lipinski definition) is 1. The van der Waals surface area contributed by atoms with Gasteiger partial charge in [0.05, 0.1) is 23.3 Å². The van der Waals surface area contributed by atoms with Gasteiger partial charge in [0, 0.05) is 55.0 Å². The lowest BCUT2D eigenvalue weighted by molar-refractivity contribution is 0.567. The summed E-state index contributed by atoms with van der Waals surface area (Å²) in [6.07, 6.45) is 4.14. The molecule has 2 unspecified atom stereocenters. The Bertz CT molecular complexity index is 1330. The van der Waals surface area contributed by atoms with Crippen molar-refractivity contribution in [3.05, 3.63) is 88.7 Å². The number of hydrogen-bond acceptors (Lipinski definition) is 4. The van der Waals surface area contributed by atoms with Crippen molar-refractivity contribution in [1.82, 2.24) is 10.3 Å². The maximum Gasteiger partial charge on any atom is 0.174 e. The van der Waals surface area contributed by atoms with Gasteiger partial charge >= 0.3 is 0 Å². The molecule has 2 aromatic carbocycles. The van der Waals surface area contributed by atoms with Gasteiger partial charge in [-0.25, -0.2) is 0 Å². The third-order valence-corrected chi connectivity index (χ3v) is 8.04. The molecule has 1 aromatic heterocycles. The molecule has 1 fully saturated rings. The van der Waals surface area contributed by atoms with Crippen molar-refractivity contribution < 1.29 is 0 Å². The van der Waals surface area contributed by atoms with Gasteiger partial charge in [-0.2, -0.15) is 0 Å². The van der Waals surface area contributed by atoms with Gasteiger partial charge in [0.1, 0.15) is 0 Å². The fraction of sp³-hybridized carbons (Fsp3) is 0.310. The van der Waals surface area contributed by atoms with Crippen molar-refractivity contribution in [3.63, 3.8) is 0 Å². The standard InChI is InChI=1S/C29H32ClN5S/c1-18-17-29(2,3)34(6)25-16-23(30)22(15-21(18)25)27-26(24-9-7-8-14-31-24)32-28(36)35(27)20-12-10-19(11-13-20)33(4)5/h7-17,26-27H,1-6H3,(H,32,36). The highest BCUT2D eigenvalue weighted by atomic mass is 35.5. The molecule has 0 saturated carbocycles. The van der Waals surface area contributed by atoms with Gasteiger partial charge in [-0.3, -0.25) is 4.98 Å². The smallest absolute Gasteiger partial charge is 0.174 e. The van der Waals surface area contributed by atoms with Gasteiger partial charge < -0.3 is 20.0 Å². The third kappa shape index (κ3) is 4.12. The first-order valence-electron chi connectivity index (χ1n) is 12.1. The molecule has 0 aliphatic carbocycles. The predicted molar refractivity (Wildman–Crippen MR) is 156 cm³/mol. The van der Waals surface area contributed by atoms with Crippen LogP contribution in [-0.2, 0) is 0 Å². The quantitative estimate of drug-likeness (QED) is 0.392. The highest BCUT2D eigenvalue weighted by molar-refractivity contribution is 7.80. The van der Waals surface area contributed by atoms with E-state index in [1.54, 1.807) is 0 Å². The van der Waals surface area contributed by atoms with Crippen molar-refractivity contribution in [2.45, 2.75) is 38.4 Å². The summed E-state index contributed by atoms with van der Waals surface area (Å²) < 4.78 is 0. The third-order valence-electron chi connectivity index (χ3n) is 7.40. The van der Waals surface area contributed by atoms with Crippen LogP contribution in [-0.4, -0.2) is 36.8 Å². The summed E-state index contributed by atoms with van der Waals surface area (Å²) in [7, 11) is 6.20. The van der Waals surface area contributed by atoms with Gasteiger partial charge in [0.25, 0.3) is 0 Å². The largest absolute Gasteiger partial charge is 0.378 e. The fourth-order valence-corrected chi connectivity index (χ4v) is 5.89. The summed E-state index contributed by atoms with van der Waals surface area (Å²) in [6.45, 7) is 6.62. The van der Waals surface area contributed by atoms with E-state index in [-0.39, 0.29) is 17.6 Å². The number of rotatable bonds is 4. The average molecular weight is 518 g/mol. The molecule has 0 bridgehead atoms. The van der Waals surface area contributed by atoms with Gasteiger partial charge in [0.2, 0.25) is 0 Å². The first kappa shape index (κ1) is 24.6. The lowest BCUT2D eigenvalue weighted by Gasteiger charge is -2.41. The van der Waals surface area contributed by atoms with Crippen LogP contribution in [0.1, 0.15) is 49.7 Å². The molecule has 3 heterocycles. The van der Waals surface area contributed by atoms with E-state index in [0.717, 1.165) is 33.3 Å². The van der Waals surface area contributed by atoms with E-state index in [4.69, 9.17) is 23.8 Å². The number of fused-ring (bicyclic) bond motifs is 1. The second-order valence-corrected chi connectivity index (χ2v) is 11.1. The average Bonchev–Trinajstić information content (AvgIpc) is 3.19. The number of likely N-dealkylation sites (N-methyl/N-ethyl adjacent to an activating group) is 1. The summed E-state index contributed by atoms with van der Waals surface area (Å²) in [4.78, 5) is 11.2. The highest BCUT2D eigenvalue weighted by Gasteiger charge is 2.42. The number of nitrogens with zero attached hydrogens (tertiary/aromatic N) is 4. The number of benzene rings is 2. The first-order valence-corrected chi connectivity index (χ1v) is 12.9. The molecule has 2 aliphatic rings. The van der Waals surface area contributed by atoms with Crippen LogP contribution in [0.2, 0.25) is 5.02 Å². The topological polar surface area (TPSA) is 34.6 Å². The molecule has 2 atom stereocenters. The molecule has 0 amide bonds. The van der Waals surface area contributed by atoms with Crippen LogP contribution in [0.25, 0.3) is 5.57 Å². The summed E-state index contributed by atoms with van der Waals surface area (Å²) in [5.41, 5.74) is 7.59. The van der Waals surface area contributed by atoms with Gasteiger partial charge in [-0.1, -0.05) is 23.7 Å². The summed E-state index contributed by atoms with van der Waals surface area (Å²) in [5, 5.41) is 4.93. The summed E-state index contributed by atoms with van der Waals surface area (Å²) >= 11 is 13.0. The molecule has 1 N–H and O–H groups in total. The molecule has 0 radical (unpaired) electrons. The summed E-state index contributed by atoms with van der Waals surface area (Å²) in [6, 6.07) is 18.5. The van der Waals surface area contributed by atoms with Crippen LogP contribution in [0.4, 0.5) is 17.1 Å². The number of halogens is 1. The van der Waals surface area contributed by atoms with E-state index in [1.807, 2.05) is 38.5 Å². The van der Waals surface area contributed by atoms with E-state index >= 15 is 0 Å². The van der Waals surface area contributed by atoms with Crippen LogP contribution in [0.15, 0.2) is 66.9 Å². The normalized spacial score (nSPS) is 20.6. The molecule has 0 spiro atoms. The zero-order valence-electron chi connectivity index (χ0n) is 21.6. The number of allylic oxidation sites excluding steroid dienone is 1. The number of thiocarbonyl (C=S) groups is 1. The molecule has 3 aromatic rings. The van der Waals surface area contributed by atoms with E-state index < -0.39 is 0 Å². The van der Waals surface area contributed by atoms with E-state index in [2.05, 4.69) is 95.3 Å². The number of aromatic nitrogens is 1. The fourth-order valence-electron chi connectivity index (χ4n) is 5.27. The Morgan fingerprint density at radius 1 is 1.08 bits per heavy atom. The van der Waals surface area contributed by atoms with E-state index in [1.165, 1.54) is 11.1 Å². The lowest BCUT2D eigenvalue weighted by atomic mass is 9.86. The van der Waals surface area contributed by atoms with Crippen LogP contribution >= 0.6 is 23.8 Å². The van der Waals surface area contributed by atoms with Gasteiger partial charge in [-0.05, 0) is 92.7 Å². The van der Waals surface area contributed by atoms with E-state index in [0.29, 0.717) is 5.11 Å². The number of anilines is 3. The molecular formula is C29H32ClN5S. The first-order chi connectivity index (χ1) is 17.1. The molecule has 5 rings (SSSR count). The number of nitrogens with one attached hydrogen (secondary N) is 1. The summed E-state index contributed by atoms with van der Waals surface area (Å²) in [5.74, 6) is 0. The number of pyridine rings is 1. The predicted octanol–water partition coefficient (Wildman–Crippen LogP) is 6.61. The Kier molecular flexibility index (Phi) is 6.21. The molecule has 36 heavy (non-hydrogen) atoms. The molecule has 7 heteroatoms. The van der Waals surface area contributed by atoms with Crippen LogP contribution in [0, 0.1) is 0 Å². The van der Waals surface area contributed by atoms with E-state index in [9.17, 15) is 0 Å². The van der Waals surface area contributed by atoms with Crippen LogP contribution in [0.3, 0.4) is 0 Å². The Labute approximate surface area is 224 Å².